The highest BCUT2D eigenvalue weighted by atomic mass is 32.1. The molecule has 1 N–H and O–H groups in total. The summed E-state index contributed by atoms with van der Waals surface area (Å²) in [6.45, 7) is 3.18. The molecule has 1 fully saturated rings. The van der Waals surface area contributed by atoms with Gasteiger partial charge in [0.05, 0.1) is 6.54 Å². The zero-order chi connectivity index (χ0) is 18.7. The molecule has 0 aliphatic carbocycles. The van der Waals surface area contributed by atoms with E-state index in [4.69, 9.17) is 9.52 Å². The van der Waals surface area contributed by atoms with Gasteiger partial charge in [-0.15, -0.1) is 11.3 Å². The molecular weight excluding hydrogens is 354 g/mol. The molecule has 7 nitrogen and oxygen atoms in total. The van der Waals surface area contributed by atoms with Crippen LogP contribution in [0.15, 0.2) is 21.9 Å². The molecule has 1 aliphatic heterocycles. The van der Waals surface area contributed by atoms with Gasteiger partial charge in [-0.05, 0) is 45.4 Å². The van der Waals surface area contributed by atoms with Crippen molar-refractivity contribution in [1.29, 1.82) is 0 Å². The molecule has 2 aromatic heterocycles. The molecule has 26 heavy (non-hydrogen) atoms. The summed E-state index contributed by atoms with van der Waals surface area (Å²) >= 11 is 1.40. The number of hydrogen-bond donors (Lipinski definition) is 1. The second kappa shape index (κ2) is 8.01. The summed E-state index contributed by atoms with van der Waals surface area (Å²) in [6.07, 6.45) is 2.51. The second-order valence-corrected chi connectivity index (χ2v) is 7.49. The highest BCUT2D eigenvalue weighted by Crippen LogP contribution is 2.26. The Balaban J connectivity index is 1.63. The Hall–Kier alpha value is -2.19. The number of likely N-dealkylation sites (N-methyl/N-ethyl adjacent to an activating group) is 1. The van der Waals surface area contributed by atoms with Gasteiger partial charge in [-0.1, -0.05) is 0 Å². The van der Waals surface area contributed by atoms with Crippen LogP contribution in [-0.4, -0.2) is 64.5 Å². The monoisotopic (exact) mass is 377 g/mol. The van der Waals surface area contributed by atoms with Crippen molar-refractivity contribution in [3.05, 3.63) is 29.0 Å². The van der Waals surface area contributed by atoms with E-state index >= 15 is 0 Å². The van der Waals surface area contributed by atoms with Crippen LogP contribution in [0.3, 0.4) is 0 Å². The SMILES string of the molecule is Cc1ccc(-c2nc(C(=O)N3CCCC(N(C)CC(=O)O)CC3)cs2)o1. The topological polar surface area (TPSA) is 86.9 Å². The number of aryl methyl sites for hydroxylation is 1. The Labute approximate surface area is 156 Å². The van der Waals surface area contributed by atoms with Crippen LogP contribution in [0.4, 0.5) is 0 Å². The molecule has 0 aromatic carbocycles. The second-order valence-electron chi connectivity index (χ2n) is 6.63. The summed E-state index contributed by atoms with van der Waals surface area (Å²) in [5, 5.41) is 11.4. The third-order valence-corrected chi connectivity index (χ3v) is 5.52. The molecule has 1 amide bonds. The number of hydrogen-bond acceptors (Lipinski definition) is 6. The van der Waals surface area contributed by atoms with E-state index in [2.05, 4.69) is 4.98 Å². The molecule has 3 heterocycles. The summed E-state index contributed by atoms with van der Waals surface area (Å²) in [7, 11) is 1.83. The number of rotatable bonds is 5. The molecule has 0 spiro atoms. The van der Waals surface area contributed by atoms with Gasteiger partial charge in [0.15, 0.2) is 10.8 Å². The van der Waals surface area contributed by atoms with Crippen molar-refractivity contribution in [2.24, 2.45) is 0 Å². The van der Waals surface area contributed by atoms with Gasteiger partial charge in [0.25, 0.3) is 5.91 Å². The van der Waals surface area contributed by atoms with Gasteiger partial charge in [0, 0.05) is 24.5 Å². The van der Waals surface area contributed by atoms with Crippen LogP contribution >= 0.6 is 11.3 Å². The van der Waals surface area contributed by atoms with Crippen LogP contribution in [0.5, 0.6) is 0 Å². The van der Waals surface area contributed by atoms with Gasteiger partial charge >= 0.3 is 5.97 Å². The fourth-order valence-corrected chi connectivity index (χ4v) is 4.02. The minimum Gasteiger partial charge on any atom is -0.480 e. The average molecular weight is 377 g/mol. The maximum atomic E-state index is 12.8. The summed E-state index contributed by atoms with van der Waals surface area (Å²) in [6, 6.07) is 3.92. The quantitative estimate of drug-likeness (QED) is 0.862. The molecule has 0 bridgehead atoms. The van der Waals surface area contributed by atoms with Crippen molar-refractivity contribution in [2.45, 2.75) is 32.2 Å². The predicted octanol–water partition coefficient (Wildman–Crippen LogP) is 2.72. The number of amides is 1. The Morgan fingerprint density at radius 2 is 2.19 bits per heavy atom. The third-order valence-electron chi connectivity index (χ3n) is 4.67. The number of carboxylic acid groups (broad SMARTS) is 1. The number of furan rings is 1. The van der Waals surface area contributed by atoms with Crippen LogP contribution in [-0.2, 0) is 4.79 Å². The van der Waals surface area contributed by atoms with Crippen LogP contribution in [0, 0.1) is 6.92 Å². The molecule has 1 unspecified atom stereocenters. The first-order chi connectivity index (χ1) is 12.4. The van der Waals surface area contributed by atoms with E-state index in [1.165, 1.54) is 11.3 Å². The normalized spacial score (nSPS) is 18.1. The summed E-state index contributed by atoms with van der Waals surface area (Å²) in [5.41, 5.74) is 0.441. The predicted molar refractivity (Wildman–Crippen MR) is 98.4 cm³/mol. The number of carbonyl (C=O) groups excluding carboxylic acids is 1. The minimum absolute atomic E-state index is 0.0244. The van der Waals surface area contributed by atoms with Gasteiger partial charge in [0.2, 0.25) is 0 Å². The molecule has 1 saturated heterocycles. The van der Waals surface area contributed by atoms with E-state index < -0.39 is 5.97 Å². The van der Waals surface area contributed by atoms with Gasteiger partial charge in [0.1, 0.15) is 11.5 Å². The van der Waals surface area contributed by atoms with Crippen molar-refractivity contribution < 1.29 is 19.1 Å². The highest BCUT2D eigenvalue weighted by molar-refractivity contribution is 7.13. The fourth-order valence-electron chi connectivity index (χ4n) is 3.26. The van der Waals surface area contributed by atoms with E-state index in [9.17, 15) is 9.59 Å². The first-order valence-corrected chi connectivity index (χ1v) is 9.55. The molecular formula is C18H23N3O4S. The number of aliphatic carboxylic acids is 1. The molecule has 1 atom stereocenters. The van der Waals surface area contributed by atoms with Crippen molar-refractivity contribution in [1.82, 2.24) is 14.8 Å². The smallest absolute Gasteiger partial charge is 0.317 e. The van der Waals surface area contributed by atoms with Crippen LogP contribution in [0.1, 0.15) is 35.5 Å². The van der Waals surface area contributed by atoms with Crippen LogP contribution in [0.2, 0.25) is 0 Å². The Kier molecular flexibility index (Phi) is 5.73. The molecule has 1 aliphatic rings. The molecule has 0 saturated carbocycles. The van der Waals surface area contributed by atoms with Crippen molar-refractivity contribution >= 4 is 23.2 Å². The summed E-state index contributed by atoms with van der Waals surface area (Å²) < 4.78 is 5.57. The lowest BCUT2D eigenvalue weighted by molar-refractivity contribution is -0.138. The first-order valence-electron chi connectivity index (χ1n) is 8.67. The number of aromatic nitrogens is 1. The molecule has 2 aromatic rings. The minimum atomic E-state index is -0.826. The lowest BCUT2D eigenvalue weighted by atomic mass is 10.1. The highest BCUT2D eigenvalue weighted by Gasteiger charge is 2.26. The van der Waals surface area contributed by atoms with Crippen molar-refractivity contribution in [3.8, 4) is 10.8 Å². The standard InChI is InChI=1S/C18H23N3O4S/c1-12-5-6-15(25-12)17-19-14(11-26-17)18(24)21-8-3-4-13(7-9-21)20(2)10-16(22)23/h5-6,11,13H,3-4,7-10H2,1-2H3,(H,22,23). The zero-order valence-electron chi connectivity index (χ0n) is 15.0. The zero-order valence-corrected chi connectivity index (χ0v) is 15.8. The van der Waals surface area contributed by atoms with Crippen molar-refractivity contribution in [2.75, 3.05) is 26.7 Å². The number of nitrogens with zero attached hydrogens (tertiary/aromatic N) is 3. The Morgan fingerprint density at radius 3 is 2.88 bits per heavy atom. The lowest BCUT2D eigenvalue weighted by Gasteiger charge is -2.25. The van der Waals surface area contributed by atoms with Crippen LogP contribution < -0.4 is 0 Å². The van der Waals surface area contributed by atoms with E-state index in [1.54, 1.807) is 5.38 Å². The van der Waals surface area contributed by atoms with Gasteiger partial charge in [-0.25, -0.2) is 4.98 Å². The Bertz CT molecular complexity index is 785. The fraction of sp³-hybridized carbons (Fsp3) is 0.500. The van der Waals surface area contributed by atoms with E-state index in [1.807, 2.05) is 35.9 Å². The largest absolute Gasteiger partial charge is 0.480 e. The molecule has 3 rings (SSSR count). The van der Waals surface area contributed by atoms with Gasteiger partial charge < -0.3 is 14.4 Å². The summed E-state index contributed by atoms with van der Waals surface area (Å²) in [5.74, 6) is 0.593. The van der Waals surface area contributed by atoms with E-state index in [-0.39, 0.29) is 18.5 Å². The lowest BCUT2D eigenvalue weighted by Crippen LogP contribution is -2.37. The van der Waals surface area contributed by atoms with E-state index in [0.29, 0.717) is 29.6 Å². The maximum Gasteiger partial charge on any atom is 0.317 e. The Morgan fingerprint density at radius 1 is 1.38 bits per heavy atom. The molecule has 140 valence electrons. The number of carbonyl (C=O) groups is 2. The number of likely N-dealkylation sites (tertiary alicyclic amines) is 1. The molecule has 8 heteroatoms. The average Bonchev–Trinajstić information content (AvgIpc) is 3.16. The van der Waals surface area contributed by atoms with Gasteiger partial charge in [-0.2, -0.15) is 0 Å². The van der Waals surface area contributed by atoms with Crippen LogP contribution in [0.25, 0.3) is 10.8 Å². The van der Waals surface area contributed by atoms with Gasteiger partial charge in [-0.3, -0.25) is 14.5 Å². The number of carboxylic acids is 1. The summed E-state index contributed by atoms with van der Waals surface area (Å²) in [4.78, 5) is 31.8. The van der Waals surface area contributed by atoms with E-state index in [0.717, 1.165) is 25.0 Å². The first kappa shape index (κ1) is 18.6. The third kappa shape index (κ3) is 4.31. The number of thiazole rings is 1. The molecule has 0 radical (unpaired) electrons. The maximum absolute atomic E-state index is 12.8. The van der Waals surface area contributed by atoms with Crippen molar-refractivity contribution in [3.63, 3.8) is 0 Å².